The fourth-order valence-electron chi connectivity index (χ4n) is 3.13. The molecule has 5 nitrogen and oxygen atoms in total. The van der Waals surface area contributed by atoms with Gasteiger partial charge in [0.05, 0.1) is 0 Å². The van der Waals surface area contributed by atoms with Crippen LogP contribution in [0.1, 0.15) is 27.2 Å². The van der Waals surface area contributed by atoms with Crippen molar-refractivity contribution in [3.8, 4) is 16.9 Å². The number of fused-ring (bicyclic) bond motifs is 1. The lowest BCUT2D eigenvalue weighted by Gasteiger charge is -2.26. The van der Waals surface area contributed by atoms with E-state index in [1.807, 2.05) is 6.92 Å². The maximum Gasteiger partial charge on any atom is 0.178 e. The van der Waals surface area contributed by atoms with Crippen molar-refractivity contribution in [2.24, 2.45) is 11.7 Å². The standard InChI is InChI=1S/C20H23FN4O/c1-13(2)11-20(3,22)12-26-17-5-4-14(10-16(17)21)15-6-7-24-19-18(15)23-8-9-25-19/h4-10,13H,11-12,22H2,1-3H3/t20-/m0/s1. The number of hydrogen-bond donors (Lipinski definition) is 1. The molecule has 2 N–H and O–H groups in total. The fraction of sp³-hybridized carbons (Fsp3) is 0.350. The van der Waals surface area contributed by atoms with E-state index in [0.29, 0.717) is 22.6 Å². The van der Waals surface area contributed by atoms with E-state index in [-0.39, 0.29) is 12.4 Å². The van der Waals surface area contributed by atoms with E-state index < -0.39 is 11.4 Å². The zero-order chi connectivity index (χ0) is 18.7. The Kier molecular flexibility index (Phi) is 5.13. The van der Waals surface area contributed by atoms with Gasteiger partial charge in [0.2, 0.25) is 0 Å². The number of hydrogen-bond acceptors (Lipinski definition) is 5. The molecule has 6 heteroatoms. The van der Waals surface area contributed by atoms with Gasteiger partial charge in [0, 0.05) is 29.7 Å². The smallest absolute Gasteiger partial charge is 0.178 e. The zero-order valence-electron chi connectivity index (χ0n) is 15.2. The van der Waals surface area contributed by atoms with Gasteiger partial charge in [0.1, 0.15) is 12.1 Å². The molecule has 0 aliphatic carbocycles. The number of pyridine rings is 1. The van der Waals surface area contributed by atoms with Crippen molar-refractivity contribution in [2.45, 2.75) is 32.7 Å². The van der Waals surface area contributed by atoms with E-state index >= 15 is 0 Å². The summed E-state index contributed by atoms with van der Waals surface area (Å²) < 4.78 is 20.2. The first-order valence-corrected chi connectivity index (χ1v) is 8.63. The van der Waals surface area contributed by atoms with Crippen molar-refractivity contribution in [1.29, 1.82) is 0 Å². The van der Waals surface area contributed by atoms with Crippen LogP contribution in [0.2, 0.25) is 0 Å². The van der Waals surface area contributed by atoms with Crippen LogP contribution in [0.15, 0.2) is 42.9 Å². The van der Waals surface area contributed by atoms with Gasteiger partial charge in [-0.2, -0.15) is 0 Å². The monoisotopic (exact) mass is 354 g/mol. The normalized spacial score (nSPS) is 13.8. The lowest BCUT2D eigenvalue weighted by atomic mass is 9.93. The quantitative estimate of drug-likeness (QED) is 0.725. The van der Waals surface area contributed by atoms with E-state index in [4.69, 9.17) is 10.5 Å². The molecule has 26 heavy (non-hydrogen) atoms. The fourth-order valence-corrected chi connectivity index (χ4v) is 3.13. The Morgan fingerprint density at radius 3 is 2.58 bits per heavy atom. The lowest BCUT2D eigenvalue weighted by molar-refractivity contribution is 0.200. The molecule has 0 amide bonds. The van der Waals surface area contributed by atoms with Crippen LogP contribution in [-0.4, -0.2) is 27.1 Å². The predicted molar refractivity (Wildman–Crippen MR) is 100 cm³/mol. The van der Waals surface area contributed by atoms with Gasteiger partial charge < -0.3 is 10.5 Å². The molecule has 3 aromatic rings. The third kappa shape index (κ3) is 4.14. The minimum atomic E-state index is -0.504. The molecular formula is C20H23FN4O. The van der Waals surface area contributed by atoms with Gasteiger partial charge in [-0.15, -0.1) is 0 Å². The molecule has 1 aromatic carbocycles. The number of nitrogens with two attached hydrogens (primary N) is 1. The second-order valence-electron chi connectivity index (χ2n) is 7.27. The van der Waals surface area contributed by atoms with Gasteiger partial charge in [-0.25, -0.2) is 14.4 Å². The minimum Gasteiger partial charge on any atom is -0.489 e. The summed E-state index contributed by atoms with van der Waals surface area (Å²) in [7, 11) is 0. The van der Waals surface area contributed by atoms with E-state index in [0.717, 1.165) is 12.0 Å². The Labute approximate surface area is 152 Å². The Bertz CT molecular complexity index is 906. The summed E-state index contributed by atoms with van der Waals surface area (Å²) in [5.41, 5.74) is 8.36. The third-order valence-corrected chi connectivity index (χ3v) is 4.05. The molecule has 0 spiro atoms. The molecule has 0 fully saturated rings. The van der Waals surface area contributed by atoms with Crippen LogP contribution in [0.4, 0.5) is 4.39 Å². The predicted octanol–water partition coefficient (Wildman–Crippen LogP) is 3.97. The van der Waals surface area contributed by atoms with Crippen molar-refractivity contribution in [2.75, 3.05) is 6.61 Å². The van der Waals surface area contributed by atoms with Crippen LogP contribution >= 0.6 is 0 Å². The highest BCUT2D eigenvalue weighted by Gasteiger charge is 2.22. The summed E-state index contributed by atoms with van der Waals surface area (Å²) in [5.74, 6) is 0.206. The number of ether oxygens (including phenoxy) is 1. The van der Waals surface area contributed by atoms with E-state index in [1.54, 1.807) is 36.8 Å². The van der Waals surface area contributed by atoms with Crippen molar-refractivity contribution in [1.82, 2.24) is 15.0 Å². The van der Waals surface area contributed by atoms with Crippen molar-refractivity contribution >= 4 is 11.2 Å². The molecule has 3 rings (SSSR count). The average molecular weight is 354 g/mol. The highest BCUT2D eigenvalue weighted by molar-refractivity contribution is 5.88. The topological polar surface area (TPSA) is 73.9 Å². The highest BCUT2D eigenvalue weighted by atomic mass is 19.1. The largest absolute Gasteiger partial charge is 0.489 e. The number of halogens is 1. The molecule has 1 atom stereocenters. The SMILES string of the molecule is CC(C)C[C@](C)(N)COc1ccc(-c2ccnc3nccnc23)cc1F. The zero-order valence-corrected chi connectivity index (χ0v) is 15.2. The van der Waals surface area contributed by atoms with Gasteiger partial charge in [-0.05, 0) is 43.0 Å². The van der Waals surface area contributed by atoms with Crippen molar-refractivity contribution < 1.29 is 9.13 Å². The first-order valence-electron chi connectivity index (χ1n) is 8.63. The molecule has 0 unspecified atom stereocenters. The molecular weight excluding hydrogens is 331 g/mol. The molecule has 0 aliphatic heterocycles. The summed E-state index contributed by atoms with van der Waals surface area (Å²) in [6.45, 7) is 6.37. The number of aromatic nitrogens is 3. The highest BCUT2D eigenvalue weighted by Crippen LogP contribution is 2.29. The Morgan fingerprint density at radius 2 is 1.85 bits per heavy atom. The Morgan fingerprint density at radius 1 is 1.12 bits per heavy atom. The first kappa shape index (κ1) is 18.2. The van der Waals surface area contributed by atoms with Gasteiger partial charge in [-0.1, -0.05) is 19.9 Å². The third-order valence-electron chi connectivity index (χ3n) is 4.05. The summed E-state index contributed by atoms with van der Waals surface area (Å²) in [4.78, 5) is 12.7. The molecule has 0 radical (unpaired) electrons. The maximum atomic E-state index is 14.6. The Balaban J connectivity index is 1.84. The van der Waals surface area contributed by atoms with Gasteiger partial charge in [-0.3, -0.25) is 4.98 Å². The van der Waals surface area contributed by atoms with Gasteiger partial charge in [0.25, 0.3) is 0 Å². The van der Waals surface area contributed by atoms with Gasteiger partial charge >= 0.3 is 0 Å². The molecule has 0 saturated heterocycles. The summed E-state index contributed by atoms with van der Waals surface area (Å²) >= 11 is 0. The van der Waals surface area contributed by atoms with Gasteiger partial charge in [0.15, 0.2) is 17.2 Å². The number of nitrogens with zero attached hydrogens (tertiary/aromatic N) is 3. The molecule has 136 valence electrons. The van der Waals surface area contributed by atoms with Crippen molar-refractivity contribution in [3.63, 3.8) is 0 Å². The molecule has 0 bridgehead atoms. The van der Waals surface area contributed by atoms with Crippen LogP contribution in [0.25, 0.3) is 22.3 Å². The second kappa shape index (κ2) is 7.33. The van der Waals surface area contributed by atoms with E-state index in [2.05, 4.69) is 28.8 Å². The number of rotatable bonds is 6. The first-order chi connectivity index (χ1) is 12.4. The van der Waals surface area contributed by atoms with Crippen LogP contribution in [0.3, 0.4) is 0 Å². The summed E-state index contributed by atoms with van der Waals surface area (Å²) in [6, 6.07) is 6.66. The van der Waals surface area contributed by atoms with Crippen LogP contribution in [0, 0.1) is 11.7 Å². The minimum absolute atomic E-state index is 0.193. The maximum absolute atomic E-state index is 14.6. The molecule has 2 aromatic heterocycles. The molecule has 2 heterocycles. The number of benzene rings is 1. The van der Waals surface area contributed by atoms with Crippen LogP contribution < -0.4 is 10.5 Å². The lowest BCUT2D eigenvalue weighted by Crippen LogP contribution is -2.43. The summed E-state index contributed by atoms with van der Waals surface area (Å²) in [6.07, 6.45) is 5.62. The second-order valence-corrected chi connectivity index (χ2v) is 7.27. The van der Waals surface area contributed by atoms with E-state index in [1.165, 1.54) is 6.07 Å². The molecule has 0 aliphatic rings. The summed E-state index contributed by atoms with van der Waals surface area (Å²) in [5, 5.41) is 0. The van der Waals surface area contributed by atoms with Crippen LogP contribution in [0.5, 0.6) is 5.75 Å². The van der Waals surface area contributed by atoms with E-state index in [9.17, 15) is 4.39 Å². The van der Waals surface area contributed by atoms with Crippen molar-refractivity contribution in [3.05, 3.63) is 48.7 Å². The average Bonchev–Trinajstić information content (AvgIpc) is 2.59. The van der Waals surface area contributed by atoms with Crippen LogP contribution in [-0.2, 0) is 0 Å². The Hall–Kier alpha value is -2.60. The molecule has 0 saturated carbocycles.